The van der Waals surface area contributed by atoms with Crippen molar-refractivity contribution in [1.29, 1.82) is 0 Å². The van der Waals surface area contributed by atoms with Gasteiger partial charge in [-0.25, -0.2) is 24.2 Å². The number of ketones is 1. The quantitative estimate of drug-likeness (QED) is 0.0630. The molecule has 0 amide bonds. The van der Waals surface area contributed by atoms with E-state index in [0.29, 0.717) is 11.0 Å². The molecule has 0 aliphatic rings. The van der Waals surface area contributed by atoms with Gasteiger partial charge in [0.2, 0.25) is 11.4 Å². The maximum Gasteiger partial charge on any atom is 0.371 e. The Bertz CT molecular complexity index is 1020. The Kier molecular flexibility index (Phi) is 27.7. The van der Waals surface area contributed by atoms with Crippen LogP contribution < -0.4 is 5.11 Å². The van der Waals surface area contributed by atoms with Crippen molar-refractivity contribution in [1.82, 2.24) is 4.98 Å². The first-order chi connectivity index (χ1) is 18.0. The first-order valence-corrected chi connectivity index (χ1v) is 10.6. The molecule has 0 fully saturated rings. The summed E-state index contributed by atoms with van der Waals surface area (Å²) in [6.07, 6.45) is -3.74. The molecule has 1 heterocycles. The summed E-state index contributed by atoms with van der Waals surface area (Å²) in [4.78, 5) is 73.3. The number of aliphatic hydroxyl groups excluding tert-OH is 2. The molecule has 2 radical (unpaired) electrons. The van der Waals surface area contributed by atoms with Gasteiger partial charge in [0.05, 0.1) is 27.6 Å². The van der Waals surface area contributed by atoms with Gasteiger partial charge in [-0.15, -0.1) is 0 Å². The smallest absolute Gasteiger partial charge is 0.371 e. The normalized spacial score (nSPS) is 12.4. The van der Waals surface area contributed by atoms with Gasteiger partial charge >= 0.3 is 29.8 Å². The number of likely N-dealkylation sites (N-methyl/N-ethyl adjacent to an activating group) is 1. The summed E-state index contributed by atoms with van der Waals surface area (Å²) >= 11 is 0. The van der Waals surface area contributed by atoms with E-state index in [1.807, 2.05) is 21.1 Å². The van der Waals surface area contributed by atoms with Crippen LogP contribution in [-0.4, -0.2) is 175 Å². The average molecular weight is 673 g/mol. The van der Waals surface area contributed by atoms with E-state index in [0.717, 1.165) is 6.92 Å². The van der Waals surface area contributed by atoms with Crippen LogP contribution in [0.1, 0.15) is 30.3 Å². The van der Waals surface area contributed by atoms with Gasteiger partial charge in [0, 0.05) is 80.6 Å². The number of aromatic nitrogens is 1. The summed E-state index contributed by atoms with van der Waals surface area (Å²) in [7, 11) is 5.66. The Hall–Kier alpha value is -2.73. The number of carboxylic acids is 6. The maximum absolute atomic E-state index is 10.4. The van der Waals surface area contributed by atoms with Crippen LogP contribution in [0.3, 0.4) is 0 Å². The summed E-state index contributed by atoms with van der Waals surface area (Å²) in [5.74, 6) is -10.3. The second-order valence-corrected chi connectivity index (χ2v) is 8.63. The Morgan fingerprint density at radius 1 is 0.952 bits per heavy atom. The number of rotatable bonds is 11. The number of carboxylic acid groups (broad SMARTS) is 6. The molecule has 20 heteroatoms. The van der Waals surface area contributed by atoms with Crippen LogP contribution in [0.5, 0.6) is 0 Å². The molecule has 8 N–H and O–H groups in total. The van der Waals surface area contributed by atoms with Gasteiger partial charge in [-0.3, -0.25) is 9.59 Å². The van der Waals surface area contributed by atoms with E-state index in [1.54, 1.807) is 12.1 Å². The minimum atomic E-state index is -3.22. The topological polar surface area (TPSA) is 317 Å². The van der Waals surface area contributed by atoms with Gasteiger partial charge in [-0.05, 0) is 12.1 Å². The molecule has 0 spiro atoms. The van der Waals surface area contributed by atoms with E-state index in [-0.39, 0.29) is 67.2 Å². The zero-order valence-corrected chi connectivity index (χ0v) is 26.4. The van der Waals surface area contributed by atoms with Crippen LogP contribution in [0.15, 0.2) is 24.4 Å². The van der Waals surface area contributed by atoms with E-state index < -0.39 is 65.8 Å². The SMILES string of the molecule is CC(=O)C(=O)O.C[N+](C)(C)C[C@H](O)CC(=O)[O-].O=C(O)CC(O)(C(=O)O)C(O)C(=O)O.O=C(O)c1ccccn1.[Ca].[Cr]. The molecule has 42 heavy (non-hydrogen) atoms. The summed E-state index contributed by atoms with van der Waals surface area (Å²) < 4.78 is 0.550. The molecular weight excluding hydrogens is 640 g/mol. The number of aliphatic carboxylic acids is 5. The Balaban J connectivity index is -0.000000148. The van der Waals surface area contributed by atoms with Gasteiger partial charge in [-0.2, -0.15) is 0 Å². The van der Waals surface area contributed by atoms with Gasteiger partial charge in [0.1, 0.15) is 18.3 Å². The number of hydrogen-bond donors (Lipinski definition) is 8. The van der Waals surface area contributed by atoms with Crippen molar-refractivity contribution >= 4 is 79.3 Å². The molecule has 2 unspecified atom stereocenters. The van der Waals surface area contributed by atoms with Crippen molar-refractivity contribution in [2.75, 3.05) is 27.7 Å². The third kappa shape index (κ3) is 26.2. The minimum Gasteiger partial charge on any atom is -0.550 e. The van der Waals surface area contributed by atoms with Crippen LogP contribution in [0.25, 0.3) is 0 Å². The molecule has 1 rings (SSSR count). The van der Waals surface area contributed by atoms with Crippen molar-refractivity contribution in [2.24, 2.45) is 0 Å². The average Bonchev–Trinajstić information content (AvgIpc) is 2.77. The molecule has 234 valence electrons. The van der Waals surface area contributed by atoms with Crippen molar-refractivity contribution in [2.45, 2.75) is 37.6 Å². The summed E-state index contributed by atoms with van der Waals surface area (Å²) in [6, 6.07) is 4.76. The predicted molar refractivity (Wildman–Crippen MR) is 132 cm³/mol. The number of carbonyl (C=O) groups excluding carboxylic acids is 2. The number of carbonyl (C=O) groups is 7. The first kappa shape index (κ1) is 49.0. The molecule has 18 nitrogen and oxygen atoms in total. The second-order valence-electron chi connectivity index (χ2n) is 8.63. The Morgan fingerprint density at radius 2 is 1.40 bits per heavy atom. The summed E-state index contributed by atoms with van der Waals surface area (Å²) in [5, 5.41) is 77.7. The number of nitrogens with zero attached hydrogens (tertiary/aromatic N) is 2. The number of aliphatic hydroxyl groups is 3. The van der Waals surface area contributed by atoms with Gasteiger partial charge in [-0.1, -0.05) is 6.07 Å². The van der Waals surface area contributed by atoms with Crippen LogP contribution >= 0.6 is 0 Å². The van der Waals surface area contributed by atoms with Crippen molar-refractivity contribution < 1.29 is 101 Å². The number of hydrogen-bond acceptors (Lipinski definition) is 12. The molecule has 1 aromatic heterocycles. The molecule has 3 atom stereocenters. The van der Waals surface area contributed by atoms with Crippen LogP contribution in [0.2, 0.25) is 0 Å². The van der Waals surface area contributed by atoms with Crippen molar-refractivity contribution in [3.8, 4) is 0 Å². The van der Waals surface area contributed by atoms with E-state index >= 15 is 0 Å². The standard InChI is InChI=1S/C7H15NO3.C6H5NO2.C6H8O8.C3H4O3.Ca.Cr/c1-8(2,3)5-6(9)4-7(10)11;8-6(9)5-3-1-2-4-7-5;7-2(8)1-6(14,5(12)13)3(9)4(10)11;1-2(4)3(5)6;;/h6,9H,4-5H2,1-3H3;1-4H,(H,8,9);3,9,14H,1H2,(H,7,8)(H,10,11)(H,12,13);1H3,(H,5,6);;/t6-;;;;;/m1...../s1. The van der Waals surface area contributed by atoms with E-state index in [9.17, 15) is 38.7 Å². The molecule has 1 aromatic rings. The Labute approximate surface area is 279 Å². The number of aromatic carboxylic acids is 1. The third-order valence-corrected chi connectivity index (χ3v) is 3.82. The van der Waals surface area contributed by atoms with Gasteiger partial charge < -0.3 is 55.2 Å². The van der Waals surface area contributed by atoms with Gasteiger partial charge in [0.15, 0.2) is 6.10 Å². The first-order valence-electron chi connectivity index (χ1n) is 10.6. The van der Waals surface area contributed by atoms with Crippen LogP contribution in [-0.2, 0) is 46.1 Å². The maximum atomic E-state index is 10.4. The second kappa shape index (κ2) is 23.8. The Morgan fingerprint density at radius 3 is 1.62 bits per heavy atom. The monoisotopic (exact) mass is 672 g/mol. The number of Topliss-reactive ketones (excluding diaryl/α,β-unsaturated/α-hetero) is 1. The van der Waals surface area contributed by atoms with Crippen molar-refractivity contribution in [3.63, 3.8) is 0 Å². The van der Waals surface area contributed by atoms with E-state index in [2.05, 4.69) is 4.98 Å². The number of pyridine rings is 1. The molecule has 0 aromatic carbocycles. The molecule has 0 aliphatic heterocycles. The zero-order valence-electron chi connectivity index (χ0n) is 22.9. The largest absolute Gasteiger partial charge is 0.550 e. The molecule has 0 bridgehead atoms. The zero-order chi connectivity index (χ0) is 32.4. The predicted octanol–water partition coefficient (Wildman–Crippen LogP) is -4.03. The molecule has 0 saturated carbocycles. The van der Waals surface area contributed by atoms with Crippen LogP contribution in [0.4, 0.5) is 0 Å². The third-order valence-electron chi connectivity index (χ3n) is 3.82. The van der Waals surface area contributed by atoms with Gasteiger partial charge in [0.25, 0.3) is 0 Å². The molecular formula is C22H32CaCrN2O16. The number of quaternary nitrogens is 1. The summed E-state index contributed by atoms with van der Waals surface area (Å²) in [6.45, 7) is 1.43. The molecule has 0 aliphatic carbocycles. The van der Waals surface area contributed by atoms with E-state index in [4.69, 9.17) is 40.9 Å². The van der Waals surface area contributed by atoms with Crippen LogP contribution in [0, 0.1) is 0 Å². The molecule has 0 saturated heterocycles. The fourth-order valence-corrected chi connectivity index (χ4v) is 2.10. The summed E-state index contributed by atoms with van der Waals surface area (Å²) in [5.41, 5.74) is -3.14. The fourth-order valence-electron chi connectivity index (χ4n) is 2.10. The van der Waals surface area contributed by atoms with E-state index in [1.165, 1.54) is 12.3 Å². The minimum absolute atomic E-state index is 0. The van der Waals surface area contributed by atoms with Crippen molar-refractivity contribution in [3.05, 3.63) is 30.1 Å². The fraction of sp³-hybridized carbons (Fsp3) is 0.455.